The van der Waals surface area contributed by atoms with Crippen molar-refractivity contribution in [1.82, 2.24) is 10.3 Å². The van der Waals surface area contributed by atoms with Crippen molar-refractivity contribution < 1.29 is 8.42 Å². The molecule has 114 valence electrons. The van der Waals surface area contributed by atoms with Gasteiger partial charge in [0.2, 0.25) is 0 Å². The van der Waals surface area contributed by atoms with Crippen LogP contribution in [0.3, 0.4) is 0 Å². The molecule has 0 saturated carbocycles. The first kappa shape index (κ1) is 15.9. The van der Waals surface area contributed by atoms with Gasteiger partial charge in [-0.15, -0.1) is 0 Å². The fourth-order valence-corrected chi connectivity index (χ4v) is 3.11. The van der Waals surface area contributed by atoms with Crippen LogP contribution in [0.15, 0.2) is 36.5 Å². The van der Waals surface area contributed by atoms with Crippen LogP contribution < -0.4 is 5.32 Å². The highest BCUT2D eigenvalue weighted by atomic mass is 32.2. The van der Waals surface area contributed by atoms with Gasteiger partial charge in [-0.25, -0.2) is 8.42 Å². The second-order valence-corrected chi connectivity index (χ2v) is 7.60. The van der Waals surface area contributed by atoms with Crippen LogP contribution in [-0.2, 0) is 9.84 Å². The lowest BCUT2D eigenvalue weighted by Crippen LogP contribution is -2.24. The number of nitrogens with one attached hydrogen (secondary N) is 1. The van der Waals surface area contributed by atoms with Gasteiger partial charge >= 0.3 is 0 Å². The largest absolute Gasteiger partial charge is 0.310 e. The van der Waals surface area contributed by atoms with Crippen molar-refractivity contribution in [1.29, 1.82) is 0 Å². The topological polar surface area (TPSA) is 59.1 Å². The Morgan fingerprint density at radius 1 is 1.24 bits per heavy atom. The second kappa shape index (κ2) is 7.00. The quantitative estimate of drug-likeness (QED) is 0.854. The molecule has 21 heavy (non-hydrogen) atoms. The molecule has 0 amide bonds. The zero-order valence-electron chi connectivity index (χ0n) is 12.5. The Kier molecular flexibility index (Phi) is 5.31. The molecule has 0 saturated heterocycles. The summed E-state index contributed by atoms with van der Waals surface area (Å²) in [6.45, 7) is 2.97. The molecule has 0 fully saturated rings. The molecule has 0 aliphatic carbocycles. The Labute approximate surface area is 126 Å². The van der Waals surface area contributed by atoms with Crippen molar-refractivity contribution in [2.24, 2.45) is 0 Å². The third kappa shape index (κ3) is 4.51. The highest BCUT2D eigenvalue weighted by Gasteiger charge is 2.16. The van der Waals surface area contributed by atoms with Crippen molar-refractivity contribution in [3.63, 3.8) is 0 Å². The number of nitrogens with zero attached hydrogens (tertiary/aromatic N) is 1. The van der Waals surface area contributed by atoms with E-state index in [2.05, 4.69) is 23.3 Å². The van der Waals surface area contributed by atoms with Crippen molar-refractivity contribution in [2.45, 2.75) is 25.8 Å². The van der Waals surface area contributed by atoms with Gasteiger partial charge in [0, 0.05) is 23.9 Å². The van der Waals surface area contributed by atoms with Crippen LogP contribution in [0, 0.1) is 0 Å². The predicted molar refractivity (Wildman–Crippen MR) is 87.1 cm³/mol. The number of benzene rings is 1. The van der Waals surface area contributed by atoms with E-state index in [1.807, 2.05) is 24.3 Å². The molecule has 1 aromatic heterocycles. The van der Waals surface area contributed by atoms with E-state index in [9.17, 15) is 8.42 Å². The summed E-state index contributed by atoms with van der Waals surface area (Å²) in [6, 6.07) is 10.0. The van der Waals surface area contributed by atoms with Gasteiger partial charge in [0.1, 0.15) is 9.84 Å². The molecule has 0 spiro atoms. The van der Waals surface area contributed by atoms with Gasteiger partial charge in [-0.3, -0.25) is 4.98 Å². The molecule has 0 aliphatic heterocycles. The van der Waals surface area contributed by atoms with Crippen molar-refractivity contribution in [3.8, 4) is 0 Å². The minimum Gasteiger partial charge on any atom is -0.310 e. The average molecular weight is 306 g/mol. The van der Waals surface area contributed by atoms with Gasteiger partial charge in [-0.2, -0.15) is 0 Å². The second-order valence-electron chi connectivity index (χ2n) is 5.34. The molecule has 1 unspecified atom stereocenters. The Morgan fingerprint density at radius 3 is 2.76 bits per heavy atom. The lowest BCUT2D eigenvalue weighted by Gasteiger charge is -2.20. The molecular weight excluding hydrogens is 284 g/mol. The fourth-order valence-electron chi connectivity index (χ4n) is 2.45. The Hall–Kier alpha value is -1.46. The molecular formula is C16H22N2O2S. The summed E-state index contributed by atoms with van der Waals surface area (Å²) < 4.78 is 22.9. The normalized spacial score (nSPS) is 13.4. The first-order chi connectivity index (χ1) is 10.0. The summed E-state index contributed by atoms with van der Waals surface area (Å²) >= 11 is 0. The van der Waals surface area contributed by atoms with Crippen LogP contribution in [0.2, 0.25) is 0 Å². The van der Waals surface area contributed by atoms with Crippen molar-refractivity contribution in [2.75, 3.05) is 18.6 Å². The molecule has 0 bridgehead atoms. The highest BCUT2D eigenvalue weighted by Crippen LogP contribution is 2.25. The third-order valence-corrected chi connectivity index (χ3v) is 4.45. The van der Waals surface area contributed by atoms with Crippen molar-refractivity contribution >= 4 is 20.7 Å². The maximum absolute atomic E-state index is 11.5. The molecule has 1 N–H and O–H groups in total. The maximum Gasteiger partial charge on any atom is 0.147 e. The zero-order chi connectivity index (χ0) is 15.3. The fraction of sp³-hybridized carbons (Fsp3) is 0.438. The molecule has 2 rings (SSSR count). The Balaban J connectivity index is 2.33. The SMILES string of the molecule is CCCNC(CCS(C)(=O)=O)c1cccc2ncccc12. The molecule has 1 aromatic carbocycles. The third-order valence-electron chi connectivity index (χ3n) is 3.47. The number of sulfone groups is 1. The molecule has 2 aromatic rings. The number of hydrogen-bond acceptors (Lipinski definition) is 4. The van der Waals surface area contributed by atoms with E-state index in [0.29, 0.717) is 6.42 Å². The maximum atomic E-state index is 11.5. The summed E-state index contributed by atoms with van der Waals surface area (Å²) in [5.74, 6) is 0.186. The molecule has 5 heteroatoms. The number of pyridine rings is 1. The van der Waals surface area contributed by atoms with Gasteiger partial charge in [0.25, 0.3) is 0 Å². The van der Waals surface area contributed by atoms with Gasteiger partial charge in [-0.1, -0.05) is 25.1 Å². The van der Waals surface area contributed by atoms with E-state index in [0.717, 1.165) is 29.4 Å². The smallest absolute Gasteiger partial charge is 0.147 e. The molecule has 1 heterocycles. The van der Waals surface area contributed by atoms with Gasteiger partial charge < -0.3 is 5.32 Å². The molecule has 4 nitrogen and oxygen atoms in total. The first-order valence-electron chi connectivity index (χ1n) is 7.26. The zero-order valence-corrected chi connectivity index (χ0v) is 13.4. The molecule has 1 atom stereocenters. The van der Waals surface area contributed by atoms with E-state index >= 15 is 0 Å². The molecule has 0 aliphatic rings. The first-order valence-corrected chi connectivity index (χ1v) is 9.32. The monoisotopic (exact) mass is 306 g/mol. The van der Waals surface area contributed by atoms with Crippen LogP contribution in [0.25, 0.3) is 10.9 Å². The average Bonchev–Trinajstić information content (AvgIpc) is 2.46. The predicted octanol–water partition coefficient (Wildman–Crippen LogP) is 2.71. The van der Waals surface area contributed by atoms with Crippen LogP contribution in [0.4, 0.5) is 0 Å². The minimum atomic E-state index is -2.96. The van der Waals surface area contributed by atoms with E-state index in [1.54, 1.807) is 6.20 Å². The van der Waals surface area contributed by atoms with Gasteiger partial charge in [-0.05, 0) is 37.1 Å². The minimum absolute atomic E-state index is 0.0348. The number of rotatable bonds is 7. The van der Waals surface area contributed by atoms with Crippen LogP contribution in [-0.4, -0.2) is 32.0 Å². The van der Waals surface area contributed by atoms with Crippen LogP contribution in [0.1, 0.15) is 31.4 Å². The summed E-state index contributed by atoms with van der Waals surface area (Å²) in [7, 11) is -2.96. The van der Waals surface area contributed by atoms with E-state index in [-0.39, 0.29) is 11.8 Å². The van der Waals surface area contributed by atoms with E-state index < -0.39 is 9.84 Å². The summed E-state index contributed by atoms with van der Waals surface area (Å²) in [5, 5.41) is 4.54. The standard InChI is InChI=1S/C16H22N2O2S/c1-3-10-17-16(9-12-21(2,19)20)13-6-4-8-15-14(13)7-5-11-18-15/h4-8,11,16-17H,3,9-10,12H2,1-2H3. The lowest BCUT2D eigenvalue weighted by atomic mass is 9.99. The summed E-state index contributed by atoms with van der Waals surface area (Å²) in [5.41, 5.74) is 2.07. The Bertz CT molecular complexity index is 693. The Morgan fingerprint density at radius 2 is 2.05 bits per heavy atom. The molecule has 0 radical (unpaired) electrons. The summed E-state index contributed by atoms with van der Waals surface area (Å²) in [4.78, 5) is 4.37. The number of fused-ring (bicyclic) bond motifs is 1. The van der Waals surface area contributed by atoms with E-state index in [4.69, 9.17) is 0 Å². The van der Waals surface area contributed by atoms with E-state index in [1.165, 1.54) is 6.26 Å². The van der Waals surface area contributed by atoms with Crippen molar-refractivity contribution in [3.05, 3.63) is 42.1 Å². The van der Waals surface area contributed by atoms with Gasteiger partial charge in [0.15, 0.2) is 0 Å². The lowest BCUT2D eigenvalue weighted by molar-refractivity contribution is 0.516. The van der Waals surface area contributed by atoms with Crippen LogP contribution in [0.5, 0.6) is 0 Å². The number of hydrogen-bond donors (Lipinski definition) is 1. The van der Waals surface area contributed by atoms with Gasteiger partial charge in [0.05, 0.1) is 11.3 Å². The van der Waals surface area contributed by atoms with Crippen LogP contribution >= 0.6 is 0 Å². The highest BCUT2D eigenvalue weighted by molar-refractivity contribution is 7.90. The summed E-state index contributed by atoms with van der Waals surface area (Å²) in [6.07, 6.45) is 4.65. The number of aromatic nitrogens is 1.